The van der Waals surface area contributed by atoms with Crippen LogP contribution in [0.3, 0.4) is 0 Å². The largest absolute Gasteiger partial charge is 0.333 e. The highest BCUT2D eigenvalue weighted by atomic mass is 16.2. The van der Waals surface area contributed by atoms with Gasteiger partial charge in [0.05, 0.1) is 0 Å². The quantitative estimate of drug-likeness (QED) is 0.853. The van der Waals surface area contributed by atoms with Gasteiger partial charge >= 0.3 is 6.03 Å². The number of aromatic nitrogens is 1. The van der Waals surface area contributed by atoms with Crippen LogP contribution in [0, 0.1) is 0 Å². The van der Waals surface area contributed by atoms with E-state index >= 15 is 0 Å². The van der Waals surface area contributed by atoms with Gasteiger partial charge in [0.15, 0.2) is 0 Å². The number of carbonyl (C=O) groups is 1. The minimum absolute atomic E-state index is 0.142. The highest BCUT2D eigenvalue weighted by molar-refractivity contribution is 5.88. The maximum atomic E-state index is 12.0. The van der Waals surface area contributed by atoms with Crippen molar-refractivity contribution >= 4 is 11.8 Å². The van der Waals surface area contributed by atoms with E-state index in [1.165, 1.54) is 25.8 Å². The molecule has 1 aromatic rings. The maximum absolute atomic E-state index is 12.0. The van der Waals surface area contributed by atoms with Gasteiger partial charge in [-0.05, 0) is 37.9 Å². The Morgan fingerprint density at radius 3 is 3.05 bits per heavy atom. The Kier molecular flexibility index (Phi) is 3.64. The predicted molar refractivity (Wildman–Crippen MR) is 74.0 cm³/mol. The molecule has 102 valence electrons. The standard InChI is InChI=1S/C14H20N4O/c19-14(17-13-6-1-3-8-15-13)16-11-7-10-18-9-4-2-5-12(11)18/h1,3,6,8,11-12H,2,4-5,7,9-10H2,(H2,15,16,17,19)/t11-,12-/m1/s1. The summed E-state index contributed by atoms with van der Waals surface area (Å²) >= 11 is 0. The van der Waals surface area contributed by atoms with Crippen molar-refractivity contribution < 1.29 is 4.79 Å². The molecule has 0 aliphatic carbocycles. The Hall–Kier alpha value is -1.62. The summed E-state index contributed by atoms with van der Waals surface area (Å²) in [4.78, 5) is 18.6. The smallest absolute Gasteiger partial charge is 0.320 e. The molecular formula is C14H20N4O. The summed E-state index contributed by atoms with van der Waals surface area (Å²) in [5.74, 6) is 0.596. The molecule has 0 saturated carbocycles. The van der Waals surface area contributed by atoms with E-state index in [0.717, 1.165) is 13.0 Å². The minimum Gasteiger partial charge on any atom is -0.333 e. The molecule has 2 atom stereocenters. The number of anilines is 1. The minimum atomic E-state index is -0.142. The normalized spacial score (nSPS) is 26.7. The number of carbonyl (C=O) groups excluding carboxylic acids is 1. The van der Waals surface area contributed by atoms with Gasteiger partial charge in [-0.25, -0.2) is 9.78 Å². The maximum Gasteiger partial charge on any atom is 0.320 e. The summed E-state index contributed by atoms with van der Waals surface area (Å²) < 4.78 is 0. The molecule has 2 amide bonds. The first kappa shape index (κ1) is 12.4. The highest BCUT2D eigenvalue weighted by Crippen LogP contribution is 2.27. The molecule has 2 aliphatic heterocycles. The number of rotatable bonds is 2. The number of fused-ring (bicyclic) bond motifs is 1. The molecular weight excluding hydrogens is 240 g/mol. The average molecular weight is 260 g/mol. The Balaban J connectivity index is 1.55. The van der Waals surface area contributed by atoms with Crippen LogP contribution in [-0.2, 0) is 0 Å². The van der Waals surface area contributed by atoms with Gasteiger partial charge in [0.25, 0.3) is 0 Å². The number of nitrogens with one attached hydrogen (secondary N) is 2. The number of piperidine rings is 1. The molecule has 1 aromatic heterocycles. The third-order valence-corrected chi connectivity index (χ3v) is 4.08. The summed E-state index contributed by atoms with van der Waals surface area (Å²) in [5.41, 5.74) is 0. The van der Waals surface area contributed by atoms with Crippen LogP contribution in [0.2, 0.25) is 0 Å². The molecule has 2 N–H and O–H groups in total. The second-order valence-electron chi connectivity index (χ2n) is 5.31. The average Bonchev–Trinajstić information content (AvgIpc) is 2.83. The van der Waals surface area contributed by atoms with Gasteiger partial charge in [0, 0.05) is 24.8 Å². The fourth-order valence-corrected chi connectivity index (χ4v) is 3.17. The van der Waals surface area contributed by atoms with Gasteiger partial charge in [-0.3, -0.25) is 10.2 Å². The fourth-order valence-electron chi connectivity index (χ4n) is 3.17. The second kappa shape index (κ2) is 5.57. The SMILES string of the molecule is O=C(Nc1ccccn1)N[C@@H]1CCN2CCCC[C@H]12. The molecule has 0 bridgehead atoms. The summed E-state index contributed by atoms with van der Waals surface area (Å²) in [6.45, 7) is 2.30. The van der Waals surface area contributed by atoms with Gasteiger partial charge in [-0.1, -0.05) is 12.5 Å². The van der Waals surface area contributed by atoms with E-state index in [9.17, 15) is 4.79 Å². The molecule has 0 radical (unpaired) electrons. The van der Waals surface area contributed by atoms with Crippen molar-refractivity contribution in [2.24, 2.45) is 0 Å². The third kappa shape index (κ3) is 2.87. The molecule has 0 unspecified atom stereocenters. The van der Waals surface area contributed by atoms with Crippen molar-refractivity contribution in [2.75, 3.05) is 18.4 Å². The lowest BCUT2D eigenvalue weighted by atomic mass is 9.99. The molecule has 3 rings (SSSR count). The van der Waals surface area contributed by atoms with Crippen molar-refractivity contribution in [1.82, 2.24) is 15.2 Å². The lowest BCUT2D eigenvalue weighted by Crippen LogP contribution is -2.48. The topological polar surface area (TPSA) is 57.3 Å². The molecule has 2 fully saturated rings. The van der Waals surface area contributed by atoms with Crippen molar-refractivity contribution in [3.8, 4) is 0 Å². The third-order valence-electron chi connectivity index (χ3n) is 4.08. The lowest BCUT2D eigenvalue weighted by Gasteiger charge is -2.32. The molecule has 0 spiro atoms. The predicted octanol–water partition coefficient (Wildman–Crippen LogP) is 1.83. The zero-order valence-electron chi connectivity index (χ0n) is 11.0. The number of amides is 2. The van der Waals surface area contributed by atoms with Crippen LogP contribution in [0.4, 0.5) is 10.6 Å². The van der Waals surface area contributed by atoms with Crippen molar-refractivity contribution in [3.05, 3.63) is 24.4 Å². The molecule has 0 aromatic carbocycles. The first-order valence-corrected chi connectivity index (χ1v) is 7.05. The summed E-state index contributed by atoms with van der Waals surface area (Å²) in [6.07, 6.45) is 6.51. The first-order valence-electron chi connectivity index (χ1n) is 7.05. The highest BCUT2D eigenvalue weighted by Gasteiger charge is 2.36. The molecule has 19 heavy (non-hydrogen) atoms. The Bertz CT molecular complexity index is 436. The number of hydrogen-bond acceptors (Lipinski definition) is 3. The zero-order valence-corrected chi connectivity index (χ0v) is 11.0. The van der Waals surface area contributed by atoms with Crippen LogP contribution in [-0.4, -0.2) is 41.1 Å². The van der Waals surface area contributed by atoms with Gasteiger partial charge < -0.3 is 5.32 Å². The van der Waals surface area contributed by atoms with E-state index < -0.39 is 0 Å². The molecule has 3 heterocycles. The first-order chi connectivity index (χ1) is 9.33. The van der Waals surface area contributed by atoms with Crippen molar-refractivity contribution in [2.45, 2.75) is 37.8 Å². The van der Waals surface area contributed by atoms with Crippen LogP contribution >= 0.6 is 0 Å². The fraction of sp³-hybridized carbons (Fsp3) is 0.571. The van der Waals surface area contributed by atoms with Crippen LogP contribution < -0.4 is 10.6 Å². The Morgan fingerprint density at radius 2 is 2.21 bits per heavy atom. The number of hydrogen-bond donors (Lipinski definition) is 2. The number of nitrogens with zero attached hydrogens (tertiary/aromatic N) is 2. The van der Waals surface area contributed by atoms with Gasteiger partial charge in [0.1, 0.15) is 5.82 Å². The van der Waals surface area contributed by atoms with Gasteiger partial charge in [-0.2, -0.15) is 0 Å². The Morgan fingerprint density at radius 1 is 1.26 bits per heavy atom. The van der Waals surface area contributed by atoms with E-state index in [4.69, 9.17) is 0 Å². The zero-order chi connectivity index (χ0) is 13.1. The van der Waals surface area contributed by atoms with Gasteiger partial charge in [-0.15, -0.1) is 0 Å². The van der Waals surface area contributed by atoms with E-state index in [-0.39, 0.29) is 12.1 Å². The number of pyridine rings is 1. The van der Waals surface area contributed by atoms with E-state index in [1.807, 2.05) is 12.1 Å². The Labute approximate surface area is 113 Å². The summed E-state index contributed by atoms with van der Waals surface area (Å²) in [6, 6.07) is 6.16. The van der Waals surface area contributed by atoms with Crippen LogP contribution in [0.25, 0.3) is 0 Å². The van der Waals surface area contributed by atoms with Crippen LogP contribution in [0.15, 0.2) is 24.4 Å². The van der Waals surface area contributed by atoms with E-state index in [2.05, 4.69) is 20.5 Å². The van der Waals surface area contributed by atoms with Crippen molar-refractivity contribution in [3.63, 3.8) is 0 Å². The molecule has 2 saturated heterocycles. The van der Waals surface area contributed by atoms with E-state index in [1.54, 1.807) is 12.3 Å². The summed E-state index contributed by atoms with van der Waals surface area (Å²) in [7, 11) is 0. The van der Waals surface area contributed by atoms with E-state index in [0.29, 0.717) is 11.9 Å². The van der Waals surface area contributed by atoms with Crippen LogP contribution in [0.5, 0.6) is 0 Å². The molecule has 5 heteroatoms. The monoisotopic (exact) mass is 260 g/mol. The number of urea groups is 1. The van der Waals surface area contributed by atoms with Crippen molar-refractivity contribution in [1.29, 1.82) is 0 Å². The summed E-state index contributed by atoms with van der Waals surface area (Å²) in [5, 5.41) is 5.88. The lowest BCUT2D eigenvalue weighted by molar-refractivity contribution is 0.180. The van der Waals surface area contributed by atoms with Gasteiger partial charge in [0.2, 0.25) is 0 Å². The second-order valence-corrected chi connectivity index (χ2v) is 5.31. The van der Waals surface area contributed by atoms with Crippen LogP contribution in [0.1, 0.15) is 25.7 Å². The molecule has 2 aliphatic rings. The molecule has 5 nitrogen and oxygen atoms in total.